The molecule has 0 spiro atoms. The Balaban J connectivity index is 1.63. The van der Waals surface area contributed by atoms with Crippen LogP contribution in [0.25, 0.3) is 22.3 Å². The minimum atomic E-state index is -0.676. The third-order valence-corrected chi connectivity index (χ3v) is 5.55. The first kappa shape index (κ1) is 22.6. The maximum atomic E-state index is 14.6. The van der Waals surface area contributed by atoms with Gasteiger partial charge in [-0.1, -0.05) is 13.3 Å². The summed E-state index contributed by atoms with van der Waals surface area (Å²) in [5, 5.41) is 5.91. The van der Waals surface area contributed by atoms with Crippen LogP contribution in [0.15, 0.2) is 59.5 Å². The zero-order chi connectivity index (χ0) is 23.4. The molecule has 0 saturated carbocycles. The van der Waals surface area contributed by atoms with Crippen LogP contribution in [0.3, 0.4) is 0 Å². The summed E-state index contributed by atoms with van der Waals surface area (Å²) >= 11 is 3.36. The molecule has 1 aromatic carbocycles. The highest BCUT2D eigenvalue weighted by Crippen LogP contribution is 2.27. The molecule has 33 heavy (non-hydrogen) atoms. The Morgan fingerprint density at radius 2 is 1.94 bits per heavy atom. The maximum absolute atomic E-state index is 14.6. The van der Waals surface area contributed by atoms with Crippen molar-refractivity contribution in [3.8, 4) is 11.3 Å². The molecule has 3 heterocycles. The second kappa shape index (κ2) is 9.91. The number of ketones is 1. The standard InChI is InChI=1S/C24H21BrFN5O2/c1-2-3-8-27-24(33)31-16-5-6-20(26)18(10-16)22(32)19-13-30-23-17(19)9-14(11-29-23)21-7-4-15(25)12-28-21/h4-7,9-13H,2-3,8H2,1H3,(H,29,30)(H2,27,31,33). The number of aromatic nitrogens is 3. The van der Waals surface area contributed by atoms with Crippen molar-refractivity contribution in [3.05, 3.63) is 76.4 Å². The number of hydrogen-bond acceptors (Lipinski definition) is 4. The number of fused-ring (bicyclic) bond motifs is 1. The lowest BCUT2D eigenvalue weighted by atomic mass is 10.0. The van der Waals surface area contributed by atoms with Crippen LogP contribution in [0.5, 0.6) is 0 Å². The fraction of sp³-hybridized carbons (Fsp3) is 0.167. The van der Waals surface area contributed by atoms with Crippen LogP contribution >= 0.6 is 15.9 Å². The zero-order valence-corrected chi connectivity index (χ0v) is 19.4. The van der Waals surface area contributed by atoms with Crippen molar-refractivity contribution in [2.24, 2.45) is 0 Å². The number of H-pyrrole nitrogens is 1. The van der Waals surface area contributed by atoms with Gasteiger partial charge in [-0.05, 0) is 58.7 Å². The molecule has 0 aliphatic heterocycles. The number of urea groups is 1. The number of rotatable bonds is 7. The lowest BCUT2D eigenvalue weighted by Gasteiger charge is -2.09. The van der Waals surface area contributed by atoms with E-state index in [-0.39, 0.29) is 11.1 Å². The molecule has 2 amide bonds. The minimum Gasteiger partial charge on any atom is -0.345 e. The number of amides is 2. The number of anilines is 1. The van der Waals surface area contributed by atoms with Gasteiger partial charge in [0.15, 0.2) is 5.78 Å². The number of nitrogens with one attached hydrogen (secondary N) is 3. The predicted molar refractivity (Wildman–Crippen MR) is 129 cm³/mol. The Morgan fingerprint density at radius 3 is 2.70 bits per heavy atom. The van der Waals surface area contributed by atoms with E-state index in [9.17, 15) is 14.0 Å². The minimum absolute atomic E-state index is 0.144. The fourth-order valence-corrected chi connectivity index (χ4v) is 3.59. The molecule has 0 aliphatic rings. The van der Waals surface area contributed by atoms with Gasteiger partial charge in [0, 0.05) is 51.8 Å². The molecule has 7 nitrogen and oxygen atoms in total. The van der Waals surface area contributed by atoms with Gasteiger partial charge in [-0.2, -0.15) is 0 Å². The molecule has 0 aliphatic carbocycles. The average Bonchev–Trinajstić information content (AvgIpc) is 3.24. The largest absolute Gasteiger partial charge is 0.345 e. The summed E-state index contributed by atoms with van der Waals surface area (Å²) in [6.45, 7) is 2.56. The van der Waals surface area contributed by atoms with E-state index in [0.29, 0.717) is 29.0 Å². The van der Waals surface area contributed by atoms with Gasteiger partial charge in [-0.15, -0.1) is 0 Å². The molecule has 4 rings (SSSR count). The van der Waals surface area contributed by atoms with Gasteiger partial charge in [-0.3, -0.25) is 9.78 Å². The molecule has 0 saturated heterocycles. The maximum Gasteiger partial charge on any atom is 0.319 e. The van der Waals surface area contributed by atoms with Crippen LogP contribution < -0.4 is 10.6 Å². The Labute approximate surface area is 198 Å². The Kier molecular flexibility index (Phi) is 6.79. The molecule has 0 radical (unpaired) electrons. The number of unbranched alkanes of at least 4 members (excludes halogenated alkanes) is 1. The number of aromatic amines is 1. The summed E-state index contributed by atoms with van der Waals surface area (Å²) in [5.41, 5.74) is 2.38. The summed E-state index contributed by atoms with van der Waals surface area (Å²) in [7, 11) is 0. The third kappa shape index (κ3) is 5.09. The Bertz CT molecular complexity index is 1320. The van der Waals surface area contributed by atoms with Gasteiger partial charge in [0.05, 0.1) is 11.3 Å². The van der Waals surface area contributed by atoms with E-state index in [2.05, 4.69) is 41.5 Å². The van der Waals surface area contributed by atoms with E-state index in [1.165, 1.54) is 24.4 Å². The normalized spacial score (nSPS) is 10.9. The van der Waals surface area contributed by atoms with E-state index in [1.54, 1.807) is 18.5 Å². The number of hydrogen-bond donors (Lipinski definition) is 3. The second-order valence-electron chi connectivity index (χ2n) is 7.44. The van der Waals surface area contributed by atoms with E-state index < -0.39 is 17.6 Å². The highest BCUT2D eigenvalue weighted by Gasteiger charge is 2.20. The van der Waals surface area contributed by atoms with Crippen LogP contribution in [0, 0.1) is 5.82 Å². The first-order valence-electron chi connectivity index (χ1n) is 10.4. The molecule has 0 unspecified atom stereocenters. The first-order valence-corrected chi connectivity index (χ1v) is 11.2. The fourth-order valence-electron chi connectivity index (χ4n) is 3.35. The van der Waals surface area contributed by atoms with Crippen molar-refractivity contribution >= 4 is 44.5 Å². The highest BCUT2D eigenvalue weighted by atomic mass is 79.9. The zero-order valence-electron chi connectivity index (χ0n) is 17.8. The summed E-state index contributed by atoms with van der Waals surface area (Å²) in [6.07, 6.45) is 6.65. The van der Waals surface area contributed by atoms with Gasteiger partial charge in [0.25, 0.3) is 0 Å². The number of carbonyl (C=O) groups is 2. The topological polar surface area (TPSA) is 99.8 Å². The predicted octanol–water partition coefficient (Wildman–Crippen LogP) is 5.68. The molecule has 3 N–H and O–H groups in total. The third-order valence-electron chi connectivity index (χ3n) is 5.08. The molecule has 9 heteroatoms. The molecule has 168 valence electrons. The average molecular weight is 510 g/mol. The van der Waals surface area contributed by atoms with E-state index in [0.717, 1.165) is 22.9 Å². The number of nitrogens with zero attached hydrogens (tertiary/aromatic N) is 2. The van der Waals surface area contributed by atoms with E-state index in [1.807, 2.05) is 19.1 Å². The van der Waals surface area contributed by atoms with Gasteiger partial charge < -0.3 is 15.6 Å². The number of halogens is 2. The molecule has 0 atom stereocenters. The van der Waals surface area contributed by atoms with Crippen molar-refractivity contribution in [3.63, 3.8) is 0 Å². The van der Waals surface area contributed by atoms with Gasteiger partial charge in [-0.25, -0.2) is 14.2 Å². The Hall–Kier alpha value is -3.59. The molecular formula is C24H21BrFN5O2. The highest BCUT2D eigenvalue weighted by molar-refractivity contribution is 9.10. The number of benzene rings is 1. The molecule has 4 aromatic rings. The van der Waals surface area contributed by atoms with Crippen molar-refractivity contribution in [2.75, 3.05) is 11.9 Å². The number of pyridine rings is 2. The lowest BCUT2D eigenvalue weighted by Crippen LogP contribution is -2.29. The van der Waals surface area contributed by atoms with Crippen LogP contribution in [0.1, 0.15) is 35.7 Å². The Morgan fingerprint density at radius 1 is 1.09 bits per heavy atom. The molecule has 0 bridgehead atoms. The van der Waals surface area contributed by atoms with Crippen LogP contribution in [0.2, 0.25) is 0 Å². The van der Waals surface area contributed by atoms with Crippen LogP contribution in [-0.2, 0) is 0 Å². The SMILES string of the molecule is CCCCNC(=O)Nc1ccc(F)c(C(=O)c2c[nH]c3ncc(-c4ccc(Br)cn4)cc23)c1. The van der Waals surface area contributed by atoms with Crippen molar-refractivity contribution in [2.45, 2.75) is 19.8 Å². The van der Waals surface area contributed by atoms with Crippen LogP contribution in [0.4, 0.5) is 14.9 Å². The van der Waals surface area contributed by atoms with Crippen molar-refractivity contribution in [1.29, 1.82) is 0 Å². The van der Waals surface area contributed by atoms with Gasteiger partial charge in [0.1, 0.15) is 11.5 Å². The second-order valence-corrected chi connectivity index (χ2v) is 8.36. The lowest BCUT2D eigenvalue weighted by molar-refractivity contribution is 0.103. The molecule has 3 aromatic heterocycles. The summed E-state index contributed by atoms with van der Waals surface area (Å²) in [5.74, 6) is -1.19. The molecular weight excluding hydrogens is 489 g/mol. The van der Waals surface area contributed by atoms with E-state index >= 15 is 0 Å². The van der Waals surface area contributed by atoms with Crippen molar-refractivity contribution < 1.29 is 14.0 Å². The van der Waals surface area contributed by atoms with Crippen LogP contribution in [-0.4, -0.2) is 33.3 Å². The summed E-state index contributed by atoms with van der Waals surface area (Å²) in [4.78, 5) is 37.0. The van der Waals surface area contributed by atoms with Crippen molar-refractivity contribution in [1.82, 2.24) is 20.3 Å². The summed E-state index contributed by atoms with van der Waals surface area (Å²) in [6, 6.07) is 9.01. The first-order chi connectivity index (χ1) is 16.0. The quantitative estimate of drug-likeness (QED) is 0.220. The molecule has 0 fully saturated rings. The monoisotopic (exact) mass is 509 g/mol. The van der Waals surface area contributed by atoms with Gasteiger partial charge >= 0.3 is 6.03 Å². The number of carbonyl (C=O) groups excluding carboxylic acids is 2. The smallest absolute Gasteiger partial charge is 0.319 e. The summed E-state index contributed by atoms with van der Waals surface area (Å²) < 4.78 is 15.4. The van der Waals surface area contributed by atoms with E-state index in [4.69, 9.17) is 0 Å². The van der Waals surface area contributed by atoms with Gasteiger partial charge in [0.2, 0.25) is 0 Å².